The first-order valence-electron chi connectivity index (χ1n) is 19.9. The minimum atomic E-state index is -1.15. The summed E-state index contributed by atoms with van der Waals surface area (Å²) in [7, 11) is 0. The van der Waals surface area contributed by atoms with Crippen LogP contribution in [0.3, 0.4) is 0 Å². The van der Waals surface area contributed by atoms with Gasteiger partial charge in [-0.2, -0.15) is 0 Å². The fourth-order valence-corrected chi connectivity index (χ4v) is 14.4. The number of halogens is 1. The Labute approximate surface area is 321 Å². The van der Waals surface area contributed by atoms with Crippen molar-refractivity contribution >= 4 is 39.1 Å². The van der Waals surface area contributed by atoms with E-state index < -0.39 is 57.3 Å². The summed E-state index contributed by atoms with van der Waals surface area (Å²) in [6, 6.07) is 0. The lowest BCUT2D eigenvalue weighted by atomic mass is 9.46. The zero-order valence-electron chi connectivity index (χ0n) is 31.8. The fraction of sp³-hybridized carbons (Fsp3) is 0.810. The van der Waals surface area contributed by atoms with Gasteiger partial charge < -0.3 is 30.6 Å². The van der Waals surface area contributed by atoms with E-state index in [-0.39, 0.29) is 76.8 Å². The number of aliphatic hydroxyl groups excluding tert-OH is 4. The minimum Gasteiger partial charge on any atom is -0.390 e. The Hall–Kier alpha value is -1.60. The van der Waals surface area contributed by atoms with Gasteiger partial charge in [0.1, 0.15) is 11.6 Å². The summed E-state index contributed by atoms with van der Waals surface area (Å²) in [5.74, 6) is -0.867. The molecule has 0 aromatic heterocycles. The van der Waals surface area contributed by atoms with Crippen LogP contribution in [0.25, 0.3) is 0 Å². The van der Waals surface area contributed by atoms with Gasteiger partial charge in [0.15, 0.2) is 11.6 Å². The normalized spacial score (nSPS) is 52.6. The quantitative estimate of drug-likeness (QED) is 0.228. The summed E-state index contributed by atoms with van der Waals surface area (Å²) in [6.45, 7) is 9.67. The van der Waals surface area contributed by atoms with Crippen LogP contribution in [0.2, 0.25) is 0 Å². The molecule has 0 aromatic carbocycles. The zero-order chi connectivity index (χ0) is 38.8. The highest BCUT2D eigenvalue weighted by molar-refractivity contribution is 9.09. The van der Waals surface area contributed by atoms with Gasteiger partial charge in [0.25, 0.3) is 0 Å². The number of Topliss-reactive ketones (excluding diaryl/α,β-unsaturated/α-hetero) is 2. The molecule has 8 rings (SSSR count). The molecular weight excluding hydrogens is 744 g/mol. The molecule has 6 fully saturated rings. The van der Waals surface area contributed by atoms with Crippen molar-refractivity contribution in [3.05, 3.63) is 23.3 Å². The van der Waals surface area contributed by atoms with Crippen LogP contribution < -0.4 is 0 Å². The molecule has 2 unspecified atom stereocenters. The molecule has 0 aromatic rings. The van der Waals surface area contributed by atoms with Crippen molar-refractivity contribution in [2.75, 3.05) is 5.33 Å². The number of fused-ring (bicyclic) bond motifs is 10. The van der Waals surface area contributed by atoms with Crippen molar-refractivity contribution in [1.82, 2.24) is 0 Å². The van der Waals surface area contributed by atoms with Crippen LogP contribution in [0.1, 0.15) is 112 Å². The summed E-state index contributed by atoms with van der Waals surface area (Å²) < 4.78 is 0. The number of rotatable bonds is 3. The Kier molecular flexibility index (Phi) is 9.69. The van der Waals surface area contributed by atoms with Crippen LogP contribution in [-0.4, -0.2) is 94.7 Å². The molecule has 6 saturated carbocycles. The van der Waals surface area contributed by atoms with Crippen molar-refractivity contribution in [1.29, 1.82) is 0 Å². The summed E-state index contributed by atoms with van der Waals surface area (Å²) in [6.07, 6.45) is 6.49. The van der Waals surface area contributed by atoms with Crippen molar-refractivity contribution in [2.45, 2.75) is 147 Å². The molecule has 10 nitrogen and oxygen atoms in total. The lowest BCUT2D eigenvalue weighted by Crippen LogP contribution is -2.61. The Morgan fingerprint density at radius 3 is 1.43 bits per heavy atom. The van der Waals surface area contributed by atoms with Gasteiger partial charge in [0.05, 0.1) is 40.9 Å². The van der Waals surface area contributed by atoms with E-state index in [1.165, 1.54) is 0 Å². The molecule has 8 aliphatic carbocycles. The predicted molar refractivity (Wildman–Crippen MR) is 198 cm³/mol. The first-order valence-corrected chi connectivity index (χ1v) is 21.0. The average molecular weight is 804 g/mol. The van der Waals surface area contributed by atoms with Crippen LogP contribution in [0.5, 0.6) is 0 Å². The lowest BCUT2D eigenvalue weighted by Gasteiger charge is -2.59. The number of allylic oxidation sites excluding steroid dienone is 2. The highest BCUT2D eigenvalue weighted by Gasteiger charge is 2.69. The summed E-state index contributed by atoms with van der Waals surface area (Å²) in [5.41, 5.74) is -2.73. The molecule has 0 spiro atoms. The Morgan fingerprint density at radius 2 is 1.04 bits per heavy atom. The molecular formula is C42H59BrO10. The van der Waals surface area contributed by atoms with Crippen LogP contribution >= 0.6 is 15.9 Å². The van der Waals surface area contributed by atoms with E-state index in [4.69, 9.17) is 0 Å². The summed E-state index contributed by atoms with van der Waals surface area (Å²) in [4.78, 5) is 50.6. The van der Waals surface area contributed by atoms with Gasteiger partial charge in [-0.3, -0.25) is 19.2 Å². The van der Waals surface area contributed by atoms with E-state index in [1.54, 1.807) is 19.1 Å². The van der Waals surface area contributed by atoms with Crippen molar-refractivity contribution in [2.24, 2.45) is 57.2 Å². The van der Waals surface area contributed by atoms with Gasteiger partial charge in [-0.15, -0.1) is 0 Å². The van der Waals surface area contributed by atoms with E-state index in [2.05, 4.69) is 15.9 Å². The Balaban J connectivity index is 0.000000164. The third-order valence-corrected chi connectivity index (χ3v) is 17.8. The summed E-state index contributed by atoms with van der Waals surface area (Å²) >= 11 is 3.28. The van der Waals surface area contributed by atoms with Gasteiger partial charge in [0.2, 0.25) is 0 Å². The van der Waals surface area contributed by atoms with Gasteiger partial charge >= 0.3 is 0 Å². The SMILES string of the molecule is CC(=O)[C@H]1CC[C@@]2(O)C3=CC(=O)[C@@H]4C[C@@H](O)[C@@H](O)C[C@]4(C)C3CC[C@]12C.C[C@]12C[C@H](O)[C@H](O)C[C@H]1C(=O)C=C1C2CC[C@]2(C)[C@@H](C(=O)CBr)CC[C@@]12O. The van der Waals surface area contributed by atoms with Crippen molar-refractivity contribution in [3.8, 4) is 0 Å². The lowest BCUT2D eigenvalue weighted by molar-refractivity contribution is -0.154. The molecule has 53 heavy (non-hydrogen) atoms. The smallest absolute Gasteiger partial charge is 0.159 e. The predicted octanol–water partition coefficient (Wildman–Crippen LogP) is 3.94. The van der Waals surface area contributed by atoms with E-state index in [1.807, 2.05) is 27.7 Å². The maximum absolute atomic E-state index is 13.0. The van der Waals surface area contributed by atoms with Crippen molar-refractivity contribution in [3.63, 3.8) is 0 Å². The maximum Gasteiger partial charge on any atom is 0.159 e. The molecule has 0 aliphatic heterocycles. The Morgan fingerprint density at radius 1 is 0.642 bits per heavy atom. The molecule has 294 valence electrons. The van der Waals surface area contributed by atoms with Crippen LogP contribution in [0.4, 0.5) is 0 Å². The number of hydrogen-bond donors (Lipinski definition) is 6. The first-order chi connectivity index (χ1) is 24.6. The van der Waals surface area contributed by atoms with Gasteiger partial charge in [0, 0.05) is 34.5 Å². The second kappa shape index (κ2) is 13.0. The molecule has 8 aliphatic rings. The molecule has 0 bridgehead atoms. The van der Waals surface area contributed by atoms with Gasteiger partial charge in [-0.05, 0) is 130 Å². The van der Waals surface area contributed by atoms with E-state index >= 15 is 0 Å². The molecule has 0 saturated heterocycles. The fourth-order valence-electron chi connectivity index (χ4n) is 14.0. The molecule has 6 N–H and O–H groups in total. The van der Waals surface area contributed by atoms with E-state index in [9.17, 15) is 49.8 Å². The van der Waals surface area contributed by atoms with Crippen molar-refractivity contribution < 1.29 is 49.8 Å². The molecule has 0 heterocycles. The Bertz CT molecular complexity index is 1660. The van der Waals surface area contributed by atoms with Gasteiger partial charge in [-0.1, -0.05) is 43.6 Å². The van der Waals surface area contributed by atoms with Crippen LogP contribution in [0.15, 0.2) is 23.3 Å². The van der Waals surface area contributed by atoms with Gasteiger partial charge in [-0.25, -0.2) is 0 Å². The third kappa shape index (κ3) is 5.36. The maximum atomic E-state index is 13.0. The number of hydrogen-bond acceptors (Lipinski definition) is 10. The number of aliphatic hydroxyl groups is 6. The molecule has 0 amide bonds. The number of alkyl halides is 1. The highest BCUT2D eigenvalue weighted by Crippen LogP contribution is 2.69. The van der Waals surface area contributed by atoms with E-state index in [0.717, 1.165) is 36.8 Å². The highest BCUT2D eigenvalue weighted by atomic mass is 79.9. The molecule has 0 radical (unpaired) electrons. The third-order valence-electron chi connectivity index (χ3n) is 17.2. The number of carbonyl (C=O) groups is 4. The van der Waals surface area contributed by atoms with Crippen LogP contribution in [-0.2, 0) is 19.2 Å². The standard InChI is InChI=1S/C21H29BrO5.C21H30O5/c1-19-9-17(25)16(24)8-14(19)15(23)7-13-11(19)3-5-20(2)12(18(26)10-22)4-6-21(13,20)27;1-11(22)12-5-7-21(26)14-8-16(23)15-9-17(24)18(25)10-19(15,2)13(14)4-6-20(12,21)3/h7,11-12,14,16-17,24-25,27H,3-6,8-10H2,1-2H3;8,12-13,15,17-18,24-26H,4-7,9-10H2,1-3H3/t11?,12-,14+,16-,17+,19-,20-,21-;12-,13?,15+,17-,18+,19-,20-,21-/m11/s1. The zero-order valence-corrected chi connectivity index (χ0v) is 33.4. The number of ketones is 4. The second-order valence-electron chi connectivity index (χ2n) is 19.4. The minimum absolute atomic E-state index is 0.00162. The monoisotopic (exact) mass is 802 g/mol. The summed E-state index contributed by atoms with van der Waals surface area (Å²) in [5, 5.41) is 64.6. The average Bonchev–Trinajstić information content (AvgIpc) is 3.53. The molecule has 11 heteroatoms. The number of carbonyl (C=O) groups excluding carboxylic acids is 4. The first kappa shape index (κ1) is 39.6. The second-order valence-corrected chi connectivity index (χ2v) is 20.0. The largest absolute Gasteiger partial charge is 0.390 e. The topological polar surface area (TPSA) is 190 Å². The molecule has 16 atom stereocenters. The van der Waals surface area contributed by atoms with Crippen LogP contribution in [0, 0.1) is 57.2 Å². The van der Waals surface area contributed by atoms with E-state index in [0.29, 0.717) is 38.5 Å².